The summed E-state index contributed by atoms with van der Waals surface area (Å²) in [5.41, 5.74) is 2.60. The van der Waals surface area contributed by atoms with Crippen molar-refractivity contribution in [3.8, 4) is 5.75 Å². The SMILES string of the molecule is Cc1nc(F)cc2c3ccc(O)cc3n(CCN3CCCCC3)c12. The van der Waals surface area contributed by atoms with Crippen LogP contribution in [-0.4, -0.2) is 39.2 Å². The molecule has 126 valence electrons. The third kappa shape index (κ3) is 2.63. The zero-order chi connectivity index (χ0) is 16.7. The molecule has 1 N–H and O–H groups in total. The molecular formula is C19H22FN3O. The fraction of sp³-hybridized carbons (Fsp3) is 0.421. The minimum atomic E-state index is -0.455. The second kappa shape index (κ2) is 6.06. The number of aromatic nitrogens is 2. The number of hydrogen-bond acceptors (Lipinski definition) is 3. The number of halogens is 1. The van der Waals surface area contributed by atoms with Crippen LogP contribution in [0, 0.1) is 12.9 Å². The van der Waals surface area contributed by atoms with Gasteiger partial charge in [0.1, 0.15) is 5.75 Å². The first-order chi connectivity index (χ1) is 11.6. The Morgan fingerprint density at radius 2 is 1.88 bits per heavy atom. The molecule has 0 aliphatic carbocycles. The quantitative estimate of drug-likeness (QED) is 0.743. The summed E-state index contributed by atoms with van der Waals surface area (Å²) in [4.78, 5) is 6.49. The average Bonchev–Trinajstić information content (AvgIpc) is 2.87. The molecule has 0 amide bonds. The molecule has 0 spiro atoms. The maximum Gasteiger partial charge on any atom is 0.213 e. The van der Waals surface area contributed by atoms with Crippen LogP contribution >= 0.6 is 0 Å². The van der Waals surface area contributed by atoms with Crippen molar-refractivity contribution < 1.29 is 9.50 Å². The van der Waals surface area contributed by atoms with Gasteiger partial charge in [0.2, 0.25) is 5.95 Å². The summed E-state index contributed by atoms with van der Waals surface area (Å²) in [5, 5.41) is 11.7. The van der Waals surface area contributed by atoms with Gasteiger partial charge in [0.15, 0.2) is 0 Å². The molecule has 0 atom stereocenters. The molecule has 1 aromatic carbocycles. The Morgan fingerprint density at radius 3 is 2.67 bits per heavy atom. The third-order valence-corrected chi connectivity index (χ3v) is 5.06. The van der Waals surface area contributed by atoms with Crippen molar-refractivity contribution in [3.63, 3.8) is 0 Å². The first kappa shape index (κ1) is 15.4. The average molecular weight is 327 g/mol. The lowest BCUT2D eigenvalue weighted by atomic mass is 10.1. The van der Waals surface area contributed by atoms with Crippen LogP contribution in [-0.2, 0) is 6.54 Å². The van der Waals surface area contributed by atoms with Crippen LogP contribution in [0.5, 0.6) is 5.75 Å². The molecule has 0 bridgehead atoms. The van der Waals surface area contributed by atoms with E-state index in [4.69, 9.17) is 0 Å². The number of phenolic OH excluding ortho intramolecular Hbond substituents is 1. The van der Waals surface area contributed by atoms with E-state index in [0.717, 1.165) is 48.0 Å². The number of rotatable bonds is 3. The zero-order valence-electron chi connectivity index (χ0n) is 13.9. The molecule has 5 heteroatoms. The second-order valence-corrected chi connectivity index (χ2v) is 6.68. The van der Waals surface area contributed by atoms with E-state index >= 15 is 0 Å². The van der Waals surface area contributed by atoms with Crippen molar-refractivity contribution in [1.82, 2.24) is 14.5 Å². The highest BCUT2D eigenvalue weighted by Gasteiger charge is 2.17. The molecule has 1 saturated heterocycles. The highest BCUT2D eigenvalue weighted by atomic mass is 19.1. The van der Waals surface area contributed by atoms with E-state index in [1.165, 1.54) is 25.3 Å². The van der Waals surface area contributed by atoms with Crippen LogP contribution in [0.15, 0.2) is 24.3 Å². The molecule has 1 aliphatic heterocycles. The van der Waals surface area contributed by atoms with E-state index in [-0.39, 0.29) is 5.75 Å². The van der Waals surface area contributed by atoms with Crippen LogP contribution in [0.2, 0.25) is 0 Å². The van der Waals surface area contributed by atoms with Gasteiger partial charge in [-0.05, 0) is 45.0 Å². The number of benzene rings is 1. The van der Waals surface area contributed by atoms with Crippen LogP contribution in [0.1, 0.15) is 25.0 Å². The normalized spacial score (nSPS) is 16.2. The standard InChI is InChI=1S/C19H22FN3O/c1-13-19-16(12-18(20)21-13)15-6-5-14(24)11-17(15)23(19)10-9-22-7-3-2-4-8-22/h5-6,11-12,24H,2-4,7-10H2,1H3. The minimum absolute atomic E-state index is 0.232. The van der Waals surface area contributed by atoms with E-state index < -0.39 is 5.95 Å². The number of fused-ring (bicyclic) bond motifs is 3. The molecule has 1 fully saturated rings. The van der Waals surface area contributed by atoms with E-state index in [9.17, 15) is 9.50 Å². The maximum absolute atomic E-state index is 13.8. The zero-order valence-corrected chi connectivity index (χ0v) is 13.9. The summed E-state index contributed by atoms with van der Waals surface area (Å²) >= 11 is 0. The van der Waals surface area contributed by atoms with Gasteiger partial charge in [0.25, 0.3) is 0 Å². The lowest BCUT2D eigenvalue weighted by Gasteiger charge is -2.26. The summed E-state index contributed by atoms with van der Waals surface area (Å²) in [5.74, 6) is -0.223. The molecule has 3 heterocycles. The van der Waals surface area contributed by atoms with Crippen molar-refractivity contribution in [1.29, 1.82) is 0 Å². The first-order valence-electron chi connectivity index (χ1n) is 8.64. The Balaban J connectivity index is 1.82. The molecule has 3 aromatic rings. The number of phenols is 1. The molecule has 0 radical (unpaired) electrons. The predicted molar refractivity (Wildman–Crippen MR) is 93.9 cm³/mol. The first-order valence-corrected chi connectivity index (χ1v) is 8.64. The summed E-state index contributed by atoms with van der Waals surface area (Å²) in [6.45, 7) is 5.92. The number of likely N-dealkylation sites (tertiary alicyclic amines) is 1. The van der Waals surface area contributed by atoms with Crippen molar-refractivity contribution in [2.75, 3.05) is 19.6 Å². The van der Waals surface area contributed by atoms with Gasteiger partial charge in [-0.25, -0.2) is 4.98 Å². The third-order valence-electron chi connectivity index (χ3n) is 5.06. The molecule has 4 rings (SSSR count). The molecule has 0 unspecified atom stereocenters. The smallest absolute Gasteiger partial charge is 0.213 e. The highest BCUT2D eigenvalue weighted by Crippen LogP contribution is 2.33. The van der Waals surface area contributed by atoms with Crippen LogP contribution in [0.4, 0.5) is 4.39 Å². The van der Waals surface area contributed by atoms with E-state index in [1.54, 1.807) is 12.1 Å². The Morgan fingerprint density at radius 1 is 1.08 bits per heavy atom. The predicted octanol–water partition coefficient (Wildman–Crippen LogP) is 3.83. The highest BCUT2D eigenvalue weighted by molar-refractivity contribution is 6.09. The van der Waals surface area contributed by atoms with Crippen molar-refractivity contribution in [2.24, 2.45) is 0 Å². The van der Waals surface area contributed by atoms with Crippen molar-refractivity contribution in [2.45, 2.75) is 32.7 Å². The lowest BCUT2D eigenvalue weighted by Crippen LogP contribution is -2.32. The number of nitrogens with zero attached hydrogens (tertiary/aromatic N) is 3. The molecule has 24 heavy (non-hydrogen) atoms. The van der Waals surface area contributed by atoms with Gasteiger partial charge in [-0.2, -0.15) is 4.39 Å². The summed E-state index contributed by atoms with van der Waals surface area (Å²) in [6, 6.07) is 6.79. The van der Waals surface area contributed by atoms with Gasteiger partial charge in [0, 0.05) is 36.0 Å². The fourth-order valence-electron chi connectivity index (χ4n) is 3.92. The monoisotopic (exact) mass is 327 g/mol. The van der Waals surface area contributed by atoms with Gasteiger partial charge in [-0.1, -0.05) is 6.42 Å². The fourth-order valence-corrected chi connectivity index (χ4v) is 3.92. The molecule has 1 aliphatic rings. The Kier molecular flexibility index (Phi) is 3.88. The maximum atomic E-state index is 13.8. The van der Waals surface area contributed by atoms with Gasteiger partial charge in [0.05, 0.1) is 16.7 Å². The Labute approximate surface area is 140 Å². The topological polar surface area (TPSA) is 41.3 Å². The van der Waals surface area contributed by atoms with E-state index in [1.807, 2.05) is 13.0 Å². The van der Waals surface area contributed by atoms with Crippen molar-refractivity contribution >= 4 is 21.8 Å². The Bertz CT molecular complexity index is 897. The Hall–Kier alpha value is -2.14. The largest absolute Gasteiger partial charge is 0.508 e. The van der Waals surface area contributed by atoms with Gasteiger partial charge < -0.3 is 14.6 Å². The van der Waals surface area contributed by atoms with Crippen LogP contribution in [0.25, 0.3) is 21.8 Å². The number of aryl methyl sites for hydroxylation is 1. The minimum Gasteiger partial charge on any atom is -0.508 e. The molecule has 0 saturated carbocycles. The molecular weight excluding hydrogens is 305 g/mol. The van der Waals surface area contributed by atoms with Crippen LogP contribution in [0.3, 0.4) is 0 Å². The summed E-state index contributed by atoms with van der Waals surface area (Å²) in [6.07, 6.45) is 3.85. The number of piperidine rings is 1. The molecule has 2 aromatic heterocycles. The lowest BCUT2D eigenvalue weighted by molar-refractivity contribution is 0.222. The van der Waals surface area contributed by atoms with Crippen molar-refractivity contribution in [3.05, 3.63) is 35.9 Å². The number of aromatic hydroxyl groups is 1. The van der Waals surface area contributed by atoms with Gasteiger partial charge in [-0.3, -0.25) is 0 Å². The number of pyridine rings is 1. The second-order valence-electron chi connectivity index (χ2n) is 6.68. The van der Waals surface area contributed by atoms with E-state index in [0.29, 0.717) is 5.69 Å². The van der Waals surface area contributed by atoms with Crippen LogP contribution < -0.4 is 0 Å². The summed E-state index contributed by atoms with van der Waals surface area (Å²) < 4.78 is 16.0. The van der Waals surface area contributed by atoms with Gasteiger partial charge in [-0.15, -0.1) is 0 Å². The number of hydrogen-bond donors (Lipinski definition) is 1. The van der Waals surface area contributed by atoms with E-state index in [2.05, 4.69) is 14.5 Å². The summed E-state index contributed by atoms with van der Waals surface area (Å²) in [7, 11) is 0. The van der Waals surface area contributed by atoms with Gasteiger partial charge >= 0.3 is 0 Å². The molecule has 4 nitrogen and oxygen atoms in total.